The fourth-order valence-corrected chi connectivity index (χ4v) is 3.09. The van der Waals surface area contributed by atoms with Crippen LogP contribution in [0, 0.1) is 0 Å². The topological polar surface area (TPSA) is 103 Å². The van der Waals surface area contributed by atoms with E-state index in [4.69, 9.17) is 5.73 Å². The molecule has 7 nitrogen and oxygen atoms in total. The van der Waals surface area contributed by atoms with Gasteiger partial charge in [-0.3, -0.25) is 4.68 Å². The van der Waals surface area contributed by atoms with Crippen molar-refractivity contribution in [1.29, 1.82) is 0 Å². The first-order chi connectivity index (χ1) is 8.88. The summed E-state index contributed by atoms with van der Waals surface area (Å²) in [6, 6.07) is 4.65. The minimum absolute atomic E-state index is 0.00905. The van der Waals surface area contributed by atoms with E-state index in [-0.39, 0.29) is 17.1 Å². The number of sulfonamides is 1. The van der Waals surface area contributed by atoms with Crippen LogP contribution in [-0.2, 0) is 23.6 Å². The number of hydrogen-bond donors (Lipinski definition) is 2. The van der Waals surface area contributed by atoms with Crippen LogP contribution in [0.1, 0.15) is 5.82 Å². The van der Waals surface area contributed by atoms with Crippen LogP contribution < -0.4 is 10.5 Å². The molecule has 0 radical (unpaired) electrons. The number of nitrogens with one attached hydrogen (secondary N) is 1. The monoisotopic (exact) mass is 345 g/mol. The molecule has 0 amide bonds. The van der Waals surface area contributed by atoms with Gasteiger partial charge in [-0.2, -0.15) is 5.10 Å². The highest BCUT2D eigenvalue weighted by atomic mass is 79.9. The van der Waals surface area contributed by atoms with Gasteiger partial charge in [0.2, 0.25) is 10.0 Å². The molecular weight excluding hydrogens is 334 g/mol. The van der Waals surface area contributed by atoms with Gasteiger partial charge in [0.15, 0.2) is 5.82 Å². The van der Waals surface area contributed by atoms with E-state index < -0.39 is 10.0 Å². The van der Waals surface area contributed by atoms with Crippen LogP contribution in [-0.4, -0.2) is 23.2 Å². The molecule has 2 aromatic rings. The zero-order valence-corrected chi connectivity index (χ0v) is 12.4. The molecule has 0 bridgehead atoms. The summed E-state index contributed by atoms with van der Waals surface area (Å²) in [7, 11) is -1.99. The van der Waals surface area contributed by atoms with Gasteiger partial charge in [0.05, 0.1) is 12.2 Å². The summed E-state index contributed by atoms with van der Waals surface area (Å²) in [6.45, 7) is 0.00905. The number of rotatable bonds is 4. The average molecular weight is 346 g/mol. The molecule has 0 aliphatic rings. The fourth-order valence-electron chi connectivity index (χ4n) is 1.44. The molecule has 0 spiro atoms. The first-order valence-corrected chi connectivity index (χ1v) is 7.55. The van der Waals surface area contributed by atoms with Gasteiger partial charge in [0.1, 0.15) is 11.2 Å². The van der Waals surface area contributed by atoms with E-state index >= 15 is 0 Å². The second-order valence-corrected chi connectivity index (χ2v) is 6.49. The number of nitrogens with two attached hydrogens (primary N) is 1. The molecule has 1 heterocycles. The summed E-state index contributed by atoms with van der Waals surface area (Å²) in [5, 5.41) is 3.99. The van der Waals surface area contributed by atoms with E-state index in [9.17, 15) is 8.42 Å². The summed E-state index contributed by atoms with van der Waals surface area (Å²) in [6.07, 6.45) is 1.50. The second kappa shape index (κ2) is 5.27. The van der Waals surface area contributed by atoms with E-state index in [1.165, 1.54) is 23.1 Å². The van der Waals surface area contributed by atoms with Crippen LogP contribution in [0.2, 0.25) is 0 Å². The maximum atomic E-state index is 12.1. The van der Waals surface area contributed by atoms with Gasteiger partial charge in [-0.25, -0.2) is 18.1 Å². The largest absolute Gasteiger partial charge is 0.398 e. The lowest BCUT2D eigenvalue weighted by atomic mass is 10.3. The van der Waals surface area contributed by atoms with Gasteiger partial charge in [-0.05, 0) is 18.2 Å². The van der Waals surface area contributed by atoms with Crippen molar-refractivity contribution in [3.05, 3.63) is 34.8 Å². The van der Waals surface area contributed by atoms with Gasteiger partial charge in [0.25, 0.3) is 0 Å². The molecule has 1 aromatic heterocycles. The molecule has 2 rings (SSSR count). The van der Waals surface area contributed by atoms with Crippen molar-refractivity contribution >= 4 is 31.6 Å². The maximum absolute atomic E-state index is 12.1. The summed E-state index contributed by atoms with van der Waals surface area (Å²) >= 11 is 3.21. The van der Waals surface area contributed by atoms with Crippen molar-refractivity contribution in [2.45, 2.75) is 11.4 Å². The minimum atomic E-state index is -3.70. The Morgan fingerprint density at radius 2 is 2.21 bits per heavy atom. The lowest BCUT2D eigenvalue weighted by Gasteiger charge is -2.08. The van der Waals surface area contributed by atoms with E-state index in [1.807, 2.05) is 0 Å². The zero-order chi connectivity index (χ0) is 14.0. The second-order valence-electron chi connectivity index (χ2n) is 3.84. The molecule has 1 aromatic carbocycles. The molecule has 3 N–H and O–H groups in total. The Kier molecular flexibility index (Phi) is 3.88. The summed E-state index contributed by atoms with van der Waals surface area (Å²) in [4.78, 5) is 3.96. The maximum Gasteiger partial charge on any atom is 0.243 e. The number of aryl methyl sites for hydroxylation is 1. The normalized spacial score (nSPS) is 11.7. The fraction of sp³-hybridized carbons (Fsp3) is 0.200. The molecule has 0 unspecified atom stereocenters. The van der Waals surface area contributed by atoms with E-state index in [0.29, 0.717) is 10.3 Å². The molecule has 0 saturated heterocycles. The van der Waals surface area contributed by atoms with E-state index in [0.717, 1.165) is 0 Å². The van der Waals surface area contributed by atoms with Crippen molar-refractivity contribution in [2.75, 3.05) is 5.73 Å². The van der Waals surface area contributed by atoms with E-state index in [1.54, 1.807) is 13.1 Å². The van der Waals surface area contributed by atoms with Gasteiger partial charge < -0.3 is 5.73 Å². The third-order valence-electron chi connectivity index (χ3n) is 2.33. The Bertz CT molecular complexity index is 698. The molecular formula is C10H12BrN5O2S. The number of hydrogen-bond acceptors (Lipinski definition) is 5. The Morgan fingerprint density at radius 1 is 1.47 bits per heavy atom. The standard InChI is InChI=1S/C10H12BrN5O2S/c1-16-6-13-10(15-16)5-14-19(17,18)9-4-7(11)2-3-8(9)12/h2-4,6,14H,5,12H2,1H3. The van der Waals surface area contributed by atoms with Crippen LogP contribution >= 0.6 is 15.9 Å². The average Bonchev–Trinajstić information content (AvgIpc) is 2.76. The Hall–Kier alpha value is -1.45. The van der Waals surface area contributed by atoms with Crippen LogP contribution in [0.25, 0.3) is 0 Å². The smallest absolute Gasteiger partial charge is 0.243 e. The third-order valence-corrected chi connectivity index (χ3v) is 4.28. The third kappa shape index (κ3) is 3.31. The van der Waals surface area contributed by atoms with Crippen molar-refractivity contribution < 1.29 is 8.42 Å². The highest BCUT2D eigenvalue weighted by molar-refractivity contribution is 9.10. The minimum Gasteiger partial charge on any atom is -0.398 e. The molecule has 102 valence electrons. The van der Waals surface area contributed by atoms with Gasteiger partial charge in [-0.1, -0.05) is 15.9 Å². The first kappa shape index (κ1) is 14.0. The predicted octanol–water partition coefficient (Wildman–Crippen LogP) is 0.638. The summed E-state index contributed by atoms with van der Waals surface area (Å²) < 4.78 is 28.8. The molecule has 19 heavy (non-hydrogen) atoms. The highest BCUT2D eigenvalue weighted by Crippen LogP contribution is 2.22. The van der Waals surface area contributed by atoms with Crippen LogP contribution in [0.15, 0.2) is 33.9 Å². The van der Waals surface area contributed by atoms with Crippen molar-refractivity contribution in [1.82, 2.24) is 19.5 Å². The molecule has 0 atom stereocenters. The predicted molar refractivity (Wildman–Crippen MR) is 73.6 cm³/mol. The van der Waals surface area contributed by atoms with Gasteiger partial charge in [0, 0.05) is 11.5 Å². The Labute approximate surface area is 119 Å². The number of nitrogen functional groups attached to an aromatic ring is 1. The Morgan fingerprint density at radius 3 is 2.84 bits per heavy atom. The highest BCUT2D eigenvalue weighted by Gasteiger charge is 2.18. The van der Waals surface area contributed by atoms with Gasteiger partial charge in [-0.15, -0.1) is 0 Å². The summed E-state index contributed by atoms with van der Waals surface area (Å²) in [5.41, 5.74) is 5.86. The van der Waals surface area contributed by atoms with Crippen LogP contribution in [0.3, 0.4) is 0 Å². The number of anilines is 1. The van der Waals surface area contributed by atoms with Crippen molar-refractivity contribution in [3.63, 3.8) is 0 Å². The van der Waals surface area contributed by atoms with Crippen LogP contribution in [0.4, 0.5) is 5.69 Å². The Balaban J connectivity index is 2.20. The molecule has 0 aliphatic carbocycles. The molecule has 0 aliphatic heterocycles. The SMILES string of the molecule is Cn1cnc(CNS(=O)(=O)c2cc(Br)ccc2N)n1. The number of halogens is 1. The zero-order valence-electron chi connectivity index (χ0n) is 10.0. The van der Waals surface area contributed by atoms with Crippen molar-refractivity contribution in [3.8, 4) is 0 Å². The van der Waals surface area contributed by atoms with Crippen molar-refractivity contribution in [2.24, 2.45) is 7.05 Å². The number of aromatic nitrogens is 3. The molecule has 0 fully saturated rings. The first-order valence-electron chi connectivity index (χ1n) is 5.28. The lowest BCUT2D eigenvalue weighted by Crippen LogP contribution is -2.24. The van der Waals surface area contributed by atoms with Gasteiger partial charge >= 0.3 is 0 Å². The quantitative estimate of drug-likeness (QED) is 0.791. The van der Waals surface area contributed by atoms with E-state index in [2.05, 4.69) is 30.7 Å². The lowest BCUT2D eigenvalue weighted by molar-refractivity contribution is 0.579. The number of nitrogens with zero attached hydrogens (tertiary/aromatic N) is 3. The number of benzene rings is 1. The summed E-state index contributed by atoms with van der Waals surface area (Å²) in [5.74, 6) is 0.389. The van der Waals surface area contributed by atoms with Crippen LogP contribution in [0.5, 0.6) is 0 Å². The molecule has 9 heteroatoms. The molecule has 0 saturated carbocycles.